The van der Waals surface area contributed by atoms with Gasteiger partial charge in [-0.05, 0) is 26.0 Å². The van der Waals surface area contributed by atoms with Crippen molar-refractivity contribution >= 4 is 5.82 Å². The molecule has 104 valence electrons. The minimum absolute atomic E-state index is 0.504. The van der Waals surface area contributed by atoms with Gasteiger partial charge in [-0.15, -0.1) is 0 Å². The van der Waals surface area contributed by atoms with E-state index in [1.54, 1.807) is 0 Å². The van der Waals surface area contributed by atoms with Crippen molar-refractivity contribution < 1.29 is 4.74 Å². The van der Waals surface area contributed by atoms with Crippen LogP contribution >= 0.6 is 0 Å². The molecule has 0 bridgehead atoms. The Balaban J connectivity index is 2.14. The Bertz CT molecular complexity index is 619. The molecular formula is C14H17N5O. The first-order chi connectivity index (χ1) is 9.67. The smallest absolute Gasteiger partial charge is 0.161 e. The van der Waals surface area contributed by atoms with Crippen LogP contribution in [-0.2, 0) is 17.8 Å². The summed E-state index contributed by atoms with van der Waals surface area (Å²) in [6.45, 7) is 5.11. The third-order valence-corrected chi connectivity index (χ3v) is 3.30. The topological polar surface area (TPSA) is 86.0 Å². The zero-order chi connectivity index (χ0) is 14.1. The van der Waals surface area contributed by atoms with Crippen LogP contribution in [0, 0.1) is 13.8 Å². The number of ether oxygens (including phenoxy) is 1. The van der Waals surface area contributed by atoms with Crippen LogP contribution in [0.15, 0.2) is 12.1 Å². The molecule has 1 aliphatic heterocycles. The molecule has 3 N–H and O–H groups in total. The standard InChI is InChI=1S/C14H17N5O/c1-8-5-10(6-9(2)16-8)13-17-12-3-4-20-7-11(12)14(18-13)19-15/h5-6H,3-4,7,15H2,1-2H3,(H,17,18,19). The summed E-state index contributed by atoms with van der Waals surface area (Å²) in [4.78, 5) is 13.5. The summed E-state index contributed by atoms with van der Waals surface area (Å²) in [6, 6.07) is 3.96. The van der Waals surface area contributed by atoms with Gasteiger partial charge in [-0.2, -0.15) is 0 Å². The fourth-order valence-corrected chi connectivity index (χ4v) is 2.44. The third kappa shape index (κ3) is 2.35. The van der Waals surface area contributed by atoms with Crippen molar-refractivity contribution in [3.05, 3.63) is 34.8 Å². The van der Waals surface area contributed by atoms with Gasteiger partial charge in [0.15, 0.2) is 5.82 Å². The number of nitrogens with zero attached hydrogens (tertiary/aromatic N) is 3. The molecule has 3 heterocycles. The Hall–Kier alpha value is -2.05. The summed E-state index contributed by atoms with van der Waals surface area (Å²) in [5.74, 6) is 6.88. The highest BCUT2D eigenvalue weighted by molar-refractivity contribution is 5.60. The number of fused-ring (bicyclic) bond motifs is 1. The number of nitrogens with two attached hydrogens (primary N) is 1. The van der Waals surface area contributed by atoms with E-state index in [9.17, 15) is 0 Å². The number of nitrogens with one attached hydrogen (secondary N) is 1. The van der Waals surface area contributed by atoms with E-state index in [2.05, 4.69) is 20.4 Å². The number of aryl methyl sites for hydroxylation is 2. The van der Waals surface area contributed by atoms with Crippen LogP contribution < -0.4 is 11.3 Å². The van der Waals surface area contributed by atoms with E-state index in [-0.39, 0.29) is 0 Å². The number of hydrogen-bond donors (Lipinski definition) is 2. The van der Waals surface area contributed by atoms with Crippen LogP contribution in [0.4, 0.5) is 5.82 Å². The van der Waals surface area contributed by atoms with E-state index >= 15 is 0 Å². The lowest BCUT2D eigenvalue weighted by atomic mass is 10.1. The van der Waals surface area contributed by atoms with Crippen LogP contribution in [0.1, 0.15) is 22.6 Å². The Labute approximate surface area is 117 Å². The Morgan fingerprint density at radius 2 is 1.90 bits per heavy atom. The second kappa shape index (κ2) is 5.15. The summed E-state index contributed by atoms with van der Waals surface area (Å²) in [5, 5.41) is 0. The van der Waals surface area contributed by atoms with E-state index in [1.807, 2.05) is 26.0 Å². The zero-order valence-electron chi connectivity index (χ0n) is 11.6. The zero-order valence-corrected chi connectivity index (χ0v) is 11.6. The Morgan fingerprint density at radius 3 is 2.60 bits per heavy atom. The molecule has 0 aliphatic carbocycles. The fourth-order valence-electron chi connectivity index (χ4n) is 2.44. The number of rotatable bonds is 2. The fraction of sp³-hybridized carbons (Fsp3) is 0.357. The van der Waals surface area contributed by atoms with Crippen molar-refractivity contribution in [2.45, 2.75) is 26.9 Å². The van der Waals surface area contributed by atoms with Crippen molar-refractivity contribution in [2.24, 2.45) is 5.84 Å². The molecular weight excluding hydrogens is 254 g/mol. The SMILES string of the molecule is Cc1cc(-c2nc3c(c(NN)n2)COCC3)cc(C)n1. The molecule has 2 aromatic heterocycles. The van der Waals surface area contributed by atoms with Crippen molar-refractivity contribution in [2.75, 3.05) is 12.0 Å². The summed E-state index contributed by atoms with van der Waals surface area (Å²) >= 11 is 0. The Morgan fingerprint density at radius 1 is 1.15 bits per heavy atom. The number of hydrazine groups is 1. The van der Waals surface area contributed by atoms with Gasteiger partial charge in [0.2, 0.25) is 0 Å². The maximum absolute atomic E-state index is 5.57. The van der Waals surface area contributed by atoms with E-state index in [4.69, 9.17) is 10.6 Å². The lowest BCUT2D eigenvalue weighted by Crippen LogP contribution is -2.19. The van der Waals surface area contributed by atoms with Gasteiger partial charge in [-0.3, -0.25) is 4.98 Å². The Kier molecular flexibility index (Phi) is 3.33. The number of anilines is 1. The number of aromatic nitrogens is 3. The van der Waals surface area contributed by atoms with E-state index in [0.29, 0.717) is 24.9 Å². The van der Waals surface area contributed by atoms with Crippen LogP contribution in [0.2, 0.25) is 0 Å². The third-order valence-electron chi connectivity index (χ3n) is 3.30. The molecule has 0 radical (unpaired) electrons. The van der Waals surface area contributed by atoms with Crippen molar-refractivity contribution in [1.29, 1.82) is 0 Å². The van der Waals surface area contributed by atoms with E-state index < -0.39 is 0 Å². The van der Waals surface area contributed by atoms with Gasteiger partial charge in [0.05, 0.1) is 18.9 Å². The quantitative estimate of drug-likeness (QED) is 0.636. The molecule has 0 saturated carbocycles. The highest BCUT2D eigenvalue weighted by atomic mass is 16.5. The summed E-state index contributed by atoms with van der Waals surface area (Å²) < 4.78 is 5.44. The van der Waals surface area contributed by atoms with Gasteiger partial charge in [-0.1, -0.05) is 0 Å². The molecule has 0 amide bonds. The molecule has 0 unspecified atom stereocenters. The largest absolute Gasteiger partial charge is 0.376 e. The van der Waals surface area contributed by atoms with E-state index in [1.165, 1.54) is 0 Å². The number of pyridine rings is 1. The van der Waals surface area contributed by atoms with Gasteiger partial charge < -0.3 is 10.2 Å². The van der Waals surface area contributed by atoms with Gasteiger partial charge in [-0.25, -0.2) is 15.8 Å². The highest BCUT2D eigenvalue weighted by Gasteiger charge is 2.18. The first kappa shape index (κ1) is 13.0. The number of hydrogen-bond acceptors (Lipinski definition) is 6. The molecule has 0 fully saturated rings. The minimum atomic E-state index is 0.504. The van der Waals surface area contributed by atoms with Crippen molar-refractivity contribution in [1.82, 2.24) is 15.0 Å². The monoisotopic (exact) mass is 271 g/mol. The van der Waals surface area contributed by atoms with Gasteiger partial charge in [0.1, 0.15) is 5.82 Å². The van der Waals surface area contributed by atoms with Gasteiger partial charge in [0, 0.05) is 28.9 Å². The predicted molar refractivity (Wildman–Crippen MR) is 75.9 cm³/mol. The summed E-state index contributed by atoms with van der Waals surface area (Å²) in [5.41, 5.74) is 7.46. The molecule has 6 nitrogen and oxygen atoms in total. The molecule has 6 heteroatoms. The van der Waals surface area contributed by atoms with Crippen LogP contribution in [0.5, 0.6) is 0 Å². The molecule has 0 saturated heterocycles. The molecule has 20 heavy (non-hydrogen) atoms. The van der Waals surface area contributed by atoms with Gasteiger partial charge >= 0.3 is 0 Å². The minimum Gasteiger partial charge on any atom is -0.376 e. The van der Waals surface area contributed by atoms with Crippen LogP contribution in [-0.4, -0.2) is 21.6 Å². The first-order valence-electron chi connectivity index (χ1n) is 6.57. The summed E-state index contributed by atoms with van der Waals surface area (Å²) in [7, 11) is 0. The maximum Gasteiger partial charge on any atom is 0.161 e. The second-order valence-electron chi connectivity index (χ2n) is 4.91. The second-order valence-corrected chi connectivity index (χ2v) is 4.91. The molecule has 0 aromatic carbocycles. The molecule has 3 rings (SSSR count). The van der Waals surface area contributed by atoms with Crippen molar-refractivity contribution in [3.63, 3.8) is 0 Å². The number of nitrogen functional groups attached to an aromatic ring is 1. The lowest BCUT2D eigenvalue weighted by molar-refractivity contribution is 0.109. The lowest BCUT2D eigenvalue weighted by Gasteiger charge is -2.19. The van der Waals surface area contributed by atoms with Crippen LogP contribution in [0.3, 0.4) is 0 Å². The maximum atomic E-state index is 5.57. The average molecular weight is 271 g/mol. The normalized spacial score (nSPS) is 13.9. The average Bonchev–Trinajstić information content (AvgIpc) is 2.45. The molecule has 2 aromatic rings. The molecule has 0 atom stereocenters. The molecule has 1 aliphatic rings. The van der Waals surface area contributed by atoms with Gasteiger partial charge in [0.25, 0.3) is 0 Å². The summed E-state index contributed by atoms with van der Waals surface area (Å²) in [6.07, 6.45) is 0.780. The first-order valence-corrected chi connectivity index (χ1v) is 6.57. The van der Waals surface area contributed by atoms with Crippen molar-refractivity contribution in [3.8, 4) is 11.4 Å². The van der Waals surface area contributed by atoms with Crippen LogP contribution in [0.25, 0.3) is 11.4 Å². The highest BCUT2D eigenvalue weighted by Crippen LogP contribution is 2.26. The van der Waals surface area contributed by atoms with E-state index in [0.717, 1.165) is 34.6 Å². The predicted octanol–water partition coefficient (Wildman–Crippen LogP) is 1.51. The molecule has 0 spiro atoms.